The number of nitrogens with zero attached hydrogens (tertiary/aromatic N) is 1. The molecule has 0 bridgehead atoms. The van der Waals surface area contributed by atoms with Crippen molar-refractivity contribution in [1.82, 2.24) is 9.97 Å². The molecular formula is C11H11N3O. The second kappa shape index (κ2) is 3.96. The number of imidazole rings is 1. The van der Waals surface area contributed by atoms with Gasteiger partial charge in [0.25, 0.3) is 0 Å². The van der Waals surface area contributed by atoms with Gasteiger partial charge in [0.1, 0.15) is 0 Å². The fourth-order valence-electron chi connectivity index (χ4n) is 1.42. The minimum atomic E-state index is -0.0815. The van der Waals surface area contributed by atoms with E-state index in [-0.39, 0.29) is 5.91 Å². The molecule has 1 heterocycles. The quantitative estimate of drug-likeness (QED) is 0.781. The summed E-state index contributed by atoms with van der Waals surface area (Å²) in [7, 11) is 0. The summed E-state index contributed by atoms with van der Waals surface area (Å²) >= 11 is 0. The molecule has 0 atom stereocenters. The van der Waals surface area contributed by atoms with Gasteiger partial charge in [0.15, 0.2) is 0 Å². The molecule has 0 fully saturated rings. The third-order valence-corrected chi connectivity index (χ3v) is 2.03. The normalized spacial score (nSPS) is 9.93. The summed E-state index contributed by atoms with van der Waals surface area (Å²) in [5.74, 6) is -0.0815. The smallest absolute Gasteiger partial charge is 0.221 e. The van der Waals surface area contributed by atoms with Gasteiger partial charge in [-0.25, -0.2) is 4.98 Å². The molecule has 0 spiro atoms. The SMILES string of the molecule is CC(=O)Nc1ccccc1-c1cnc[nH]1. The number of amides is 1. The minimum absolute atomic E-state index is 0.0815. The Kier molecular flexibility index (Phi) is 2.49. The molecule has 2 N–H and O–H groups in total. The average Bonchev–Trinajstić information content (AvgIpc) is 2.70. The number of rotatable bonds is 2. The zero-order valence-corrected chi connectivity index (χ0v) is 8.32. The first-order valence-corrected chi connectivity index (χ1v) is 4.63. The topological polar surface area (TPSA) is 57.8 Å². The molecule has 0 aliphatic carbocycles. The van der Waals surface area contributed by atoms with E-state index in [0.29, 0.717) is 0 Å². The Morgan fingerprint density at radius 2 is 2.20 bits per heavy atom. The number of para-hydroxylation sites is 1. The Bertz CT molecular complexity index is 462. The number of aromatic amines is 1. The van der Waals surface area contributed by atoms with Crippen LogP contribution in [0.5, 0.6) is 0 Å². The zero-order chi connectivity index (χ0) is 10.7. The van der Waals surface area contributed by atoms with E-state index in [1.165, 1.54) is 6.92 Å². The molecule has 2 rings (SSSR count). The number of nitrogens with one attached hydrogen (secondary N) is 2. The van der Waals surface area contributed by atoms with Crippen molar-refractivity contribution in [2.45, 2.75) is 6.92 Å². The summed E-state index contributed by atoms with van der Waals surface area (Å²) < 4.78 is 0. The molecule has 0 unspecified atom stereocenters. The Hall–Kier alpha value is -2.10. The fraction of sp³-hybridized carbons (Fsp3) is 0.0909. The van der Waals surface area contributed by atoms with E-state index in [0.717, 1.165) is 16.9 Å². The lowest BCUT2D eigenvalue weighted by Gasteiger charge is -2.07. The molecule has 4 nitrogen and oxygen atoms in total. The molecule has 0 aliphatic heterocycles. The molecule has 76 valence electrons. The standard InChI is InChI=1S/C11H11N3O/c1-8(15)14-10-5-3-2-4-9(10)11-6-12-7-13-11/h2-7H,1H3,(H,12,13)(H,14,15). The number of hydrogen-bond acceptors (Lipinski definition) is 2. The van der Waals surface area contributed by atoms with Gasteiger partial charge in [-0.05, 0) is 6.07 Å². The van der Waals surface area contributed by atoms with Crippen LogP contribution in [0.1, 0.15) is 6.92 Å². The number of carbonyl (C=O) groups excluding carboxylic acids is 1. The lowest BCUT2D eigenvalue weighted by molar-refractivity contribution is -0.114. The Labute approximate surface area is 87.4 Å². The Morgan fingerprint density at radius 3 is 2.87 bits per heavy atom. The molecule has 0 radical (unpaired) electrons. The van der Waals surface area contributed by atoms with E-state index in [2.05, 4.69) is 15.3 Å². The molecular weight excluding hydrogens is 190 g/mol. The summed E-state index contributed by atoms with van der Waals surface area (Å²) in [5.41, 5.74) is 2.61. The van der Waals surface area contributed by atoms with Crippen molar-refractivity contribution in [1.29, 1.82) is 0 Å². The summed E-state index contributed by atoms with van der Waals surface area (Å²) in [5, 5.41) is 2.77. The van der Waals surface area contributed by atoms with Crippen molar-refractivity contribution in [2.24, 2.45) is 0 Å². The van der Waals surface area contributed by atoms with Gasteiger partial charge < -0.3 is 10.3 Å². The van der Waals surface area contributed by atoms with Crippen LogP contribution in [0.3, 0.4) is 0 Å². The summed E-state index contributed by atoms with van der Waals surface area (Å²) in [6.07, 6.45) is 3.33. The van der Waals surface area contributed by atoms with E-state index < -0.39 is 0 Å². The van der Waals surface area contributed by atoms with Crippen LogP contribution in [0.25, 0.3) is 11.3 Å². The van der Waals surface area contributed by atoms with E-state index in [1.807, 2.05) is 24.3 Å². The molecule has 1 amide bonds. The molecule has 4 heteroatoms. The number of benzene rings is 1. The van der Waals surface area contributed by atoms with E-state index in [1.54, 1.807) is 12.5 Å². The van der Waals surface area contributed by atoms with Crippen LogP contribution in [-0.2, 0) is 4.79 Å². The highest BCUT2D eigenvalue weighted by Crippen LogP contribution is 2.25. The van der Waals surface area contributed by atoms with Crippen LogP contribution < -0.4 is 5.32 Å². The van der Waals surface area contributed by atoms with Crippen molar-refractivity contribution < 1.29 is 4.79 Å². The second-order valence-electron chi connectivity index (χ2n) is 3.19. The van der Waals surface area contributed by atoms with Crippen LogP contribution in [0, 0.1) is 0 Å². The average molecular weight is 201 g/mol. The molecule has 1 aromatic carbocycles. The maximum atomic E-state index is 11.0. The van der Waals surface area contributed by atoms with Crippen molar-refractivity contribution in [3.8, 4) is 11.3 Å². The van der Waals surface area contributed by atoms with Crippen molar-refractivity contribution in [2.75, 3.05) is 5.32 Å². The highest BCUT2D eigenvalue weighted by Gasteiger charge is 2.05. The predicted octanol–water partition coefficient (Wildman–Crippen LogP) is 2.04. The maximum absolute atomic E-state index is 11.0. The van der Waals surface area contributed by atoms with Gasteiger partial charge in [0, 0.05) is 12.5 Å². The van der Waals surface area contributed by atoms with E-state index in [4.69, 9.17) is 0 Å². The van der Waals surface area contributed by atoms with Crippen LogP contribution in [0.15, 0.2) is 36.8 Å². The number of aromatic nitrogens is 2. The van der Waals surface area contributed by atoms with Gasteiger partial charge in [0.2, 0.25) is 5.91 Å². The molecule has 1 aromatic heterocycles. The fourth-order valence-corrected chi connectivity index (χ4v) is 1.42. The van der Waals surface area contributed by atoms with Gasteiger partial charge in [-0.2, -0.15) is 0 Å². The summed E-state index contributed by atoms with van der Waals surface area (Å²) in [4.78, 5) is 18.0. The van der Waals surface area contributed by atoms with Crippen LogP contribution in [0.2, 0.25) is 0 Å². The molecule has 2 aromatic rings. The molecule has 15 heavy (non-hydrogen) atoms. The number of anilines is 1. The zero-order valence-electron chi connectivity index (χ0n) is 8.32. The van der Waals surface area contributed by atoms with Crippen molar-refractivity contribution in [3.63, 3.8) is 0 Å². The van der Waals surface area contributed by atoms with Gasteiger partial charge in [-0.15, -0.1) is 0 Å². The first-order chi connectivity index (χ1) is 7.27. The van der Waals surface area contributed by atoms with Crippen LogP contribution in [-0.4, -0.2) is 15.9 Å². The molecule has 0 saturated heterocycles. The Balaban J connectivity index is 2.42. The van der Waals surface area contributed by atoms with Crippen LogP contribution >= 0.6 is 0 Å². The second-order valence-corrected chi connectivity index (χ2v) is 3.19. The van der Waals surface area contributed by atoms with Gasteiger partial charge in [0.05, 0.1) is 23.9 Å². The predicted molar refractivity (Wildman–Crippen MR) is 58.3 cm³/mol. The lowest BCUT2D eigenvalue weighted by atomic mass is 10.1. The van der Waals surface area contributed by atoms with Crippen molar-refractivity contribution >= 4 is 11.6 Å². The Morgan fingerprint density at radius 1 is 1.40 bits per heavy atom. The number of H-pyrrole nitrogens is 1. The highest BCUT2D eigenvalue weighted by atomic mass is 16.1. The van der Waals surface area contributed by atoms with Gasteiger partial charge in [-0.1, -0.05) is 18.2 Å². The third-order valence-electron chi connectivity index (χ3n) is 2.03. The van der Waals surface area contributed by atoms with Gasteiger partial charge in [-0.3, -0.25) is 4.79 Å². The number of carbonyl (C=O) groups is 1. The van der Waals surface area contributed by atoms with E-state index >= 15 is 0 Å². The van der Waals surface area contributed by atoms with Gasteiger partial charge >= 0.3 is 0 Å². The lowest BCUT2D eigenvalue weighted by Crippen LogP contribution is -2.06. The summed E-state index contributed by atoms with van der Waals surface area (Å²) in [6, 6.07) is 7.59. The van der Waals surface area contributed by atoms with E-state index in [9.17, 15) is 4.79 Å². The van der Waals surface area contributed by atoms with Crippen molar-refractivity contribution in [3.05, 3.63) is 36.8 Å². The highest BCUT2D eigenvalue weighted by molar-refractivity contribution is 5.93. The largest absolute Gasteiger partial charge is 0.345 e. The minimum Gasteiger partial charge on any atom is -0.345 e. The maximum Gasteiger partial charge on any atom is 0.221 e. The molecule has 0 saturated carbocycles. The molecule has 0 aliphatic rings. The first kappa shape index (κ1) is 9.45. The number of hydrogen-bond donors (Lipinski definition) is 2. The summed E-state index contributed by atoms with van der Waals surface area (Å²) in [6.45, 7) is 1.49. The monoisotopic (exact) mass is 201 g/mol. The van der Waals surface area contributed by atoms with Crippen LogP contribution in [0.4, 0.5) is 5.69 Å². The first-order valence-electron chi connectivity index (χ1n) is 4.63. The third kappa shape index (κ3) is 2.04.